The van der Waals surface area contributed by atoms with Crippen molar-refractivity contribution >= 4 is 21.8 Å². The quantitative estimate of drug-likeness (QED) is 0.296. The van der Waals surface area contributed by atoms with Gasteiger partial charge in [0.1, 0.15) is 17.5 Å². The molecule has 5 rings (SSSR count). The number of amides is 1. The number of aromatic nitrogens is 1. The van der Waals surface area contributed by atoms with Crippen LogP contribution in [0.5, 0.6) is 0 Å². The maximum absolute atomic E-state index is 12.8. The predicted octanol–water partition coefficient (Wildman–Crippen LogP) is 6.41. The van der Waals surface area contributed by atoms with Crippen LogP contribution in [-0.2, 0) is 14.8 Å². The molecule has 0 unspecified atom stereocenters. The molecule has 1 fully saturated rings. The van der Waals surface area contributed by atoms with E-state index in [0.717, 1.165) is 35.1 Å². The molecule has 0 spiro atoms. The molecule has 1 atom stereocenters. The van der Waals surface area contributed by atoms with E-state index in [0.29, 0.717) is 35.1 Å². The highest BCUT2D eigenvalue weighted by Crippen LogP contribution is 2.33. The van der Waals surface area contributed by atoms with Crippen molar-refractivity contribution in [1.29, 1.82) is 0 Å². The van der Waals surface area contributed by atoms with Crippen LogP contribution in [0.3, 0.4) is 0 Å². The number of benzene rings is 3. The van der Waals surface area contributed by atoms with Crippen LogP contribution in [0.25, 0.3) is 22.5 Å². The summed E-state index contributed by atoms with van der Waals surface area (Å²) >= 11 is 0. The Labute approximate surface area is 222 Å². The van der Waals surface area contributed by atoms with Gasteiger partial charge < -0.3 is 9.26 Å². The first-order valence-electron chi connectivity index (χ1n) is 12.5. The van der Waals surface area contributed by atoms with E-state index in [1.165, 1.54) is 0 Å². The predicted molar refractivity (Wildman–Crippen MR) is 145 cm³/mol. The smallest absolute Gasteiger partial charge is 0.412 e. The molecule has 1 aliphatic rings. The summed E-state index contributed by atoms with van der Waals surface area (Å²) in [5.74, 6) is 0.422. The van der Waals surface area contributed by atoms with Gasteiger partial charge in [0.15, 0.2) is 5.76 Å². The molecule has 0 saturated carbocycles. The summed E-state index contributed by atoms with van der Waals surface area (Å²) < 4.78 is 38.2. The highest BCUT2D eigenvalue weighted by Gasteiger charge is 2.27. The molecule has 3 aromatic carbocycles. The second kappa shape index (κ2) is 10.8. The molecule has 196 valence electrons. The lowest BCUT2D eigenvalue weighted by Crippen LogP contribution is -2.27. The molecule has 0 bridgehead atoms. The number of aryl methyl sites for hydroxylation is 1. The van der Waals surface area contributed by atoms with E-state index in [1.54, 1.807) is 23.4 Å². The standard InChI is InChI=1S/C29H29N3O5S/c1-20-27(30-29(33)36-21(2)22-8-4-3-5-9-22)28(37-31-20)25-12-10-23(11-13-25)24-14-16-26(17-15-24)38(34,35)32-18-6-7-19-32/h3-5,8-17,21H,6-7,18-19H2,1-2H3,(H,30,33)/t21-/m1/s1. The third-order valence-corrected chi connectivity index (χ3v) is 8.59. The van der Waals surface area contributed by atoms with Crippen LogP contribution >= 0.6 is 0 Å². The Morgan fingerprint density at radius 1 is 0.921 bits per heavy atom. The summed E-state index contributed by atoms with van der Waals surface area (Å²) in [6.07, 6.45) is 0.782. The van der Waals surface area contributed by atoms with Gasteiger partial charge >= 0.3 is 6.09 Å². The number of nitrogens with one attached hydrogen (secondary N) is 1. The molecule has 2 heterocycles. The Kier molecular flexibility index (Phi) is 7.31. The number of carbonyl (C=O) groups is 1. The molecular weight excluding hydrogens is 502 g/mol. The molecule has 0 aliphatic carbocycles. The van der Waals surface area contributed by atoms with Crippen molar-refractivity contribution in [3.63, 3.8) is 0 Å². The number of sulfonamides is 1. The third-order valence-electron chi connectivity index (χ3n) is 6.68. The first-order chi connectivity index (χ1) is 18.3. The molecule has 1 aromatic heterocycles. The summed E-state index contributed by atoms with van der Waals surface area (Å²) in [5, 5.41) is 6.79. The number of nitrogens with zero attached hydrogens (tertiary/aromatic N) is 2. The van der Waals surface area contributed by atoms with E-state index in [9.17, 15) is 13.2 Å². The minimum Gasteiger partial charge on any atom is -0.441 e. The fourth-order valence-electron chi connectivity index (χ4n) is 4.51. The fourth-order valence-corrected chi connectivity index (χ4v) is 6.03. The summed E-state index contributed by atoms with van der Waals surface area (Å²) in [6, 6.07) is 24.0. The van der Waals surface area contributed by atoms with E-state index in [2.05, 4.69) is 10.5 Å². The van der Waals surface area contributed by atoms with Crippen LogP contribution in [0, 0.1) is 6.92 Å². The van der Waals surface area contributed by atoms with Gasteiger partial charge in [-0.1, -0.05) is 71.9 Å². The molecule has 1 amide bonds. The lowest BCUT2D eigenvalue weighted by atomic mass is 10.0. The van der Waals surface area contributed by atoms with Crippen molar-refractivity contribution in [1.82, 2.24) is 9.46 Å². The van der Waals surface area contributed by atoms with Crippen LogP contribution in [0.2, 0.25) is 0 Å². The zero-order valence-corrected chi connectivity index (χ0v) is 22.1. The maximum Gasteiger partial charge on any atom is 0.412 e. The first-order valence-corrected chi connectivity index (χ1v) is 14.0. The number of rotatable bonds is 7. The van der Waals surface area contributed by atoms with Gasteiger partial charge in [0.05, 0.1) is 4.90 Å². The van der Waals surface area contributed by atoms with Crippen LogP contribution in [0.1, 0.15) is 37.1 Å². The van der Waals surface area contributed by atoms with Crippen molar-refractivity contribution in [3.05, 3.63) is 90.1 Å². The highest BCUT2D eigenvalue weighted by molar-refractivity contribution is 7.89. The van der Waals surface area contributed by atoms with Crippen LogP contribution in [0.4, 0.5) is 10.5 Å². The van der Waals surface area contributed by atoms with Gasteiger partial charge in [0.2, 0.25) is 10.0 Å². The van der Waals surface area contributed by atoms with Gasteiger partial charge in [0.25, 0.3) is 0 Å². The van der Waals surface area contributed by atoms with Crippen molar-refractivity contribution in [3.8, 4) is 22.5 Å². The first kappa shape index (κ1) is 25.7. The van der Waals surface area contributed by atoms with Gasteiger partial charge in [-0.05, 0) is 55.5 Å². The highest BCUT2D eigenvalue weighted by atomic mass is 32.2. The minimum atomic E-state index is -3.45. The zero-order valence-electron chi connectivity index (χ0n) is 21.3. The monoisotopic (exact) mass is 531 g/mol. The second-order valence-electron chi connectivity index (χ2n) is 9.27. The molecule has 8 nitrogen and oxygen atoms in total. The number of anilines is 1. The Hall–Kier alpha value is -3.95. The molecule has 1 aliphatic heterocycles. The molecule has 0 radical (unpaired) electrons. The SMILES string of the molecule is Cc1noc(-c2ccc(-c3ccc(S(=O)(=O)N4CCCC4)cc3)cc2)c1NC(=O)O[C@H](C)c1ccccc1. The van der Waals surface area contributed by atoms with E-state index >= 15 is 0 Å². The third kappa shape index (κ3) is 5.34. The van der Waals surface area contributed by atoms with Crippen LogP contribution in [0.15, 0.2) is 88.3 Å². The van der Waals surface area contributed by atoms with E-state index in [4.69, 9.17) is 9.26 Å². The molecule has 9 heteroatoms. The van der Waals surface area contributed by atoms with Gasteiger partial charge in [-0.2, -0.15) is 4.31 Å². The number of hydrogen-bond acceptors (Lipinski definition) is 6. The summed E-state index contributed by atoms with van der Waals surface area (Å²) in [6.45, 7) is 4.71. The van der Waals surface area contributed by atoms with Crippen molar-refractivity contribution in [2.75, 3.05) is 18.4 Å². The Bertz CT molecular complexity index is 1510. The topological polar surface area (TPSA) is 102 Å². The minimum absolute atomic E-state index is 0.307. The van der Waals surface area contributed by atoms with Crippen molar-refractivity contribution < 1.29 is 22.5 Å². The van der Waals surface area contributed by atoms with Crippen LogP contribution < -0.4 is 5.32 Å². The zero-order chi connectivity index (χ0) is 26.7. The van der Waals surface area contributed by atoms with Gasteiger partial charge in [0, 0.05) is 18.7 Å². The largest absolute Gasteiger partial charge is 0.441 e. The maximum atomic E-state index is 12.8. The lowest BCUT2D eigenvalue weighted by Gasteiger charge is -2.15. The van der Waals surface area contributed by atoms with Gasteiger partial charge in [-0.25, -0.2) is 13.2 Å². The normalized spacial score (nSPS) is 14.8. The van der Waals surface area contributed by atoms with E-state index in [1.807, 2.05) is 73.7 Å². The van der Waals surface area contributed by atoms with E-state index in [-0.39, 0.29) is 0 Å². The number of carbonyl (C=O) groups excluding carboxylic acids is 1. The summed E-state index contributed by atoms with van der Waals surface area (Å²) in [4.78, 5) is 12.9. The Morgan fingerprint density at radius 2 is 1.50 bits per heavy atom. The number of hydrogen-bond donors (Lipinski definition) is 1. The average Bonchev–Trinajstić information content (AvgIpc) is 3.61. The molecule has 4 aromatic rings. The average molecular weight is 532 g/mol. The molecule has 1 N–H and O–H groups in total. The Morgan fingerprint density at radius 3 is 2.13 bits per heavy atom. The number of ether oxygens (including phenoxy) is 1. The van der Waals surface area contributed by atoms with Crippen LogP contribution in [-0.4, -0.2) is 37.1 Å². The Balaban J connectivity index is 1.30. The summed E-state index contributed by atoms with van der Waals surface area (Å²) in [5.41, 5.74) is 4.40. The van der Waals surface area contributed by atoms with E-state index < -0.39 is 22.2 Å². The van der Waals surface area contributed by atoms with Crippen molar-refractivity contribution in [2.24, 2.45) is 0 Å². The summed E-state index contributed by atoms with van der Waals surface area (Å²) in [7, 11) is -3.45. The lowest BCUT2D eigenvalue weighted by molar-refractivity contribution is 0.121. The van der Waals surface area contributed by atoms with Gasteiger partial charge in [-0.15, -0.1) is 0 Å². The molecular formula is C29H29N3O5S. The second-order valence-corrected chi connectivity index (χ2v) is 11.2. The molecule has 1 saturated heterocycles. The molecule has 38 heavy (non-hydrogen) atoms. The van der Waals surface area contributed by atoms with Crippen molar-refractivity contribution in [2.45, 2.75) is 37.7 Å². The van der Waals surface area contributed by atoms with Gasteiger partial charge in [-0.3, -0.25) is 5.32 Å². The fraction of sp³-hybridized carbons (Fsp3) is 0.241.